The molecule has 0 spiro atoms. The molecule has 0 saturated carbocycles. The van der Waals surface area contributed by atoms with Crippen LogP contribution in [0.4, 0.5) is 0 Å². The molecule has 2 N–H and O–H groups in total. The summed E-state index contributed by atoms with van der Waals surface area (Å²) in [7, 11) is 0. The molecular weight excluding hydrogens is 196 g/mol. The zero-order chi connectivity index (χ0) is 11.3. The van der Waals surface area contributed by atoms with E-state index in [1.807, 2.05) is 0 Å². The van der Waals surface area contributed by atoms with E-state index in [1.54, 1.807) is 30.3 Å². The summed E-state index contributed by atoms with van der Waals surface area (Å²) in [5, 5.41) is 17.2. The standard InChI is InChI=1S/C11H10O4/c12-10(13)6-9(7-11(14)15)8-4-2-1-3-5-8/h1-6H,7H2,(H,12,13)(H,14,15). The Balaban J connectivity index is 3.02. The van der Waals surface area contributed by atoms with Crippen LogP contribution in [0.5, 0.6) is 0 Å². The largest absolute Gasteiger partial charge is 0.481 e. The third-order valence-corrected chi connectivity index (χ3v) is 1.78. The molecule has 0 heterocycles. The normalized spacial score (nSPS) is 11.1. The molecule has 78 valence electrons. The Morgan fingerprint density at radius 1 is 1.13 bits per heavy atom. The van der Waals surface area contributed by atoms with Crippen molar-refractivity contribution in [3.05, 3.63) is 42.0 Å². The molecule has 1 rings (SSSR count). The van der Waals surface area contributed by atoms with Gasteiger partial charge in [-0.15, -0.1) is 0 Å². The summed E-state index contributed by atoms with van der Waals surface area (Å²) in [5.74, 6) is -2.19. The molecular formula is C11H10O4. The van der Waals surface area contributed by atoms with Crippen molar-refractivity contribution < 1.29 is 19.8 Å². The van der Waals surface area contributed by atoms with Gasteiger partial charge < -0.3 is 10.2 Å². The number of carboxylic acid groups (broad SMARTS) is 2. The molecule has 1 aromatic carbocycles. The second-order valence-corrected chi connectivity index (χ2v) is 2.94. The van der Waals surface area contributed by atoms with Crippen LogP contribution in [0.25, 0.3) is 5.57 Å². The molecule has 0 atom stereocenters. The van der Waals surface area contributed by atoms with Gasteiger partial charge in [-0.05, 0) is 11.1 Å². The molecule has 0 bridgehead atoms. The zero-order valence-electron chi connectivity index (χ0n) is 7.88. The lowest BCUT2D eigenvalue weighted by Gasteiger charge is -2.03. The maximum absolute atomic E-state index is 10.5. The van der Waals surface area contributed by atoms with E-state index < -0.39 is 11.9 Å². The maximum atomic E-state index is 10.5. The molecule has 15 heavy (non-hydrogen) atoms. The quantitative estimate of drug-likeness (QED) is 0.734. The van der Waals surface area contributed by atoms with Crippen molar-refractivity contribution in [1.29, 1.82) is 0 Å². The molecule has 0 aliphatic rings. The Hall–Kier alpha value is -2.10. The van der Waals surface area contributed by atoms with Crippen LogP contribution in [0.2, 0.25) is 0 Å². The van der Waals surface area contributed by atoms with Gasteiger partial charge in [-0.3, -0.25) is 4.79 Å². The highest BCUT2D eigenvalue weighted by molar-refractivity contribution is 5.94. The predicted molar refractivity (Wildman–Crippen MR) is 54.3 cm³/mol. The lowest BCUT2D eigenvalue weighted by Crippen LogP contribution is -2.00. The minimum atomic E-state index is -1.14. The fraction of sp³-hybridized carbons (Fsp3) is 0.0909. The molecule has 0 unspecified atom stereocenters. The van der Waals surface area contributed by atoms with Crippen molar-refractivity contribution in [3.8, 4) is 0 Å². The Morgan fingerprint density at radius 3 is 2.20 bits per heavy atom. The van der Waals surface area contributed by atoms with Gasteiger partial charge in [0.25, 0.3) is 0 Å². The maximum Gasteiger partial charge on any atom is 0.328 e. The second kappa shape index (κ2) is 4.95. The minimum Gasteiger partial charge on any atom is -0.481 e. The Bertz CT molecular complexity index is 392. The monoisotopic (exact) mass is 206 g/mol. The molecule has 1 aromatic rings. The van der Waals surface area contributed by atoms with Crippen LogP contribution in [0.1, 0.15) is 12.0 Å². The number of hydrogen-bond acceptors (Lipinski definition) is 2. The summed E-state index contributed by atoms with van der Waals surface area (Å²) in [6.07, 6.45) is 0.625. The fourth-order valence-corrected chi connectivity index (χ4v) is 1.20. The average molecular weight is 206 g/mol. The number of benzene rings is 1. The number of hydrogen-bond donors (Lipinski definition) is 2. The molecule has 0 aliphatic heterocycles. The highest BCUT2D eigenvalue weighted by Crippen LogP contribution is 2.17. The average Bonchev–Trinajstić information content (AvgIpc) is 2.17. The summed E-state index contributed by atoms with van der Waals surface area (Å²) >= 11 is 0. The predicted octanol–water partition coefficient (Wildman–Crippen LogP) is 1.63. The fourth-order valence-electron chi connectivity index (χ4n) is 1.20. The Labute approximate surface area is 86.5 Å². The summed E-state index contributed by atoms with van der Waals surface area (Å²) in [5.41, 5.74) is 0.901. The summed E-state index contributed by atoms with van der Waals surface area (Å²) < 4.78 is 0. The molecule has 0 radical (unpaired) electrons. The van der Waals surface area contributed by atoms with E-state index in [0.29, 0.717) is 5.56 Å². The van der Waals surface area contributed by atoms with E-state index in [9.17, 15) is 9.59 Å². The third-order valence-electron chi connectivity index (χ3n) is 1.78. The first-order valence-corrected chi connectivity index (χ1v) is 4.30. The van der Waals surface area contributed by atoms with E-state index in [0.717, 1.165) is 6.08 Å². The first-order valence-electron chi connectivity index (χ1n) is 4.30. The molecule has 0 aliphatic carbocycles. The molecule has 0 aromatic heterocycles. The van der Waals surface area contributed by atoms with E-state index in [4.69, 9.17) is 10.2 Å². The zero-order valence-corrected chi connectivity index (χ0v) is 7.88. The number of aliphatic carboxylic acids is 2. The van der Waals surface area contributed by atoms with E-state index in [2.05, 4.69) is 0 Å². The highest BCUT2D eigenvalue weighted by Gasteiger charge is 2.08. The minimum absolute atomic E-state index is 0.288. The molecule has 4 nitrogen and oxygen atoms in total. The lowest BCUT2D eigenvalue weighted by molar-refractivity contribution is -0.135. The molecule has 0 amide bonds. The topological polar surface area (TPSA) is 74.6 Å². The van der Waals surface area contributed by atoms with Gasteiger partial charge in [-0.25, -0.2) is 4.79 Å². The van der Waals surface area contributed by atoms with Gasteiger partial charge in [0.2, 0.25) is 0 Å². The SMILES string of the molecule is O=C(O)C=C(CC(=O)O)c1ccccc1. The van der Waals surface area contributed by atoms with Crippen LogP contribution in [-0.4, -0.2) is 22.2 Å². The van der Waals surface area contributed by atoms with Crippen LogP contribution >= 0.6 is 0 Å². The van der Waals surface area contributed by atoms with Crippen molar-refractivity contribution in [2.45, 2.75) is 6.42 Å². The van der Waals surface area contributed by atoms with Crippen LogP contribution in [0, 0.1) is 0 Å². The van der Waals surface area contributed by atoms with Gasteiger partial charge in [0.05, 0.1) is 6.42 Å². The van der Waals surface area contributed by atoms with Gasteiger partial charge in [-0.2, -0.15) is 0 Å². The second-order valence-electron chi connectivity index (χ2n) is 2.94. The molecule has 0 saturated heterocycles. The lowest BCUT2D eigenvalue weighted by atomic mass is 10.0. The summed E-state index contributed by atoms with van der Waals surface area (Å²) in [6.45, 7) is 0. The first-order chi connectivity index (χ1) is 7.09. The third kappa shape index (κ3) is 3.64. The molecule has 4 heteroatoms. The van der Waals surface area contributed by atoms with Crippen LogP contribution in [0.3, 0.4) is 0 Å². The van der Waals surface area contributed by atoms with Crippen molar-refractivity contribution in [2.75, 3.05) is 0 Å². The van der Waals surface area contributed by atoms with Crippen LogP contribution in [0.15, 0.2) is 36.4 Å². The van der Waals surface area contributed by atoms with E-state index >= 15 is 0 Å². The Kier molecular flexibility index (Phi) is 3.62. The van der Waals surface area contributed by atoms with Crippen molar-refractivity contribution in [2.24, 2.45) is 0 Å². The number of carboxylic acids is 2. The summed E-state index contributed by atoms with van der Waals surface area (Å²) in [6, 6.07) is 8.60. The number of carbonyl (C=O) groups is 2. The molecule has 0 fully saturated rings. The van der Waals surface area contributed by atoms with Gasteiger partial charge in [0, 0.05) is 6.08 Å². The Morgan fingerprint density at radius 2 is 1.73 bits per heavy atom. The smallest absolute Gasteiger partial charge is 0.328 e. The summed E-state index contributed by atoms with van der Waals surface area (Å²) in [4.78, 5) is 21.0. The van der Waals surface area contributed by atoms with Gasteiger partial charge >= 0.3 is 11.9 Å². The first kappa shape index (κ1) is 11.0. The van der Waals surface area contributed by atoms with Gasteiger partial charge in [-0.1, -0.05) is 30.3 Å². The van der Waals surface area contributed by atoms with Crippen LogP contribution in [-0.2, 0) is 9.59 Å². The van der Waals surface area contributed by atoms with Gasteiger partial charge in [0.15, 0.2) is 0 Å². The number of rotatable bonds is 4. The van der Waals surface area contributed by atoms with Crippen molar-refractivity contribution in [3.63, 3.8) is 0 Å². The highest BCUT2D eigenvalue weighted by atomic mass is 16.4. The van der Waals surface area contributed by atoms with Gasteiger partial charge in [0.1, 0.15) is 0 Å². The van der Waals surface area contributed by atoms with Crippen molar-refractivity contribution >= 4 is 17.5 Å². The van der Waals surface area contributed by atoms with Crippen LogP contribution < -0.4 is 0 Å². The van der Waals surface area contributed by atoms with E-state index in [-0.39, 0.29) is 12.0 Å². The van der Waals surface area contributed by atoms with Crippen molar-refractivity contribution in [1.82, 2.24) is 0 Å². The van der Waals surface area contributed by atoms with E-state index in [1.165, 1.54) is 0 Å².